The van der Waals surface area contributed by atoms with E-state index in [1.807, 2.05) is 5.01 Å². The lowest BCUT2D eigenvalue weighted by Gasteiger charge is -2.49. The quantitative estimate of drug-likeness (QED) is 0.666. The highest BCUT2D eigenvalue weighted by molar-refractivity contribution is 5.99. The van der Waals surface area contributed by atoms with Gasteiger partial charge in [-0.2, -0.15) is 0 Å². The van der Waals surface area contributed by atoms with Gasteiger partial charge in [0.2, 0.25) is 5.43 Å². The third kappa shape index (κ3) is 4.24. The number of pyridine rings is 1. The normalized spacial score (nSPS) is 21.6. The summed E-state index contributed by atoms with van der Waals surface area (Å²) < 4.78 is 34.2. The Kier molecular flexibility index (Phi) is 6.18. The fraction of sp³-hybridized carbons (Fsp3) is 0.458. The Morgan fingerprint density at radius 3 is 2.74 bits per heavy atom. The summed E-state index contributed by atoms with van der Waals surface area (Å²) in [5, 5.41) is 15.1. The molecule has 3 aliphatic heterocycles. The molecule has 0 aliphatic carbocycles. The number of halogens is 2. The number of aromatic nitrogens is 1. The third-order valence-corrected chi connectivity index (χ3v) is 6.83. The van der Waals surface area contributed by atoms with E-state index in [1.54, 1.807) is 4.90 Å². The first-order valence-electron chi connectivity index (χ1n) is 11.8. The SMILES string of the molecule is O=C(NCc1ccc(F)cc1F)c1cn2c(c(O)c1=O)C(=O)N(C[C@H]1CCCO1)[C@@H]1CCCCN12. The van der Waals surface area contributed by atoms with Gasteiger partial charge in [-0.15, -0.1) is 0 Å². The highest BCUT2D eigenvalue weighted by Crippen LogP contribution is 2.31. The van der Waals surface area contributed by atoms with Crippen molar-refractivity contribution in [3.63, 3.8) is 0 Å². The average Bonchev–Trinajstić information content (AvgIpc) is 3.36. The zero-order valence-corrected chi connectivity index (χ0v) is 19.0. The van der Waals surface area contributed by atoms with Gasteiger partial charge in [0, 0.05) is 44.1 Å². The fourth-order valence-electron chi connectivity index (χ4n) is 5.04. The number of nitrogens with zero attached hydrogens (tertiary/aromatic N) is 3. The molecule has 3 aliphatic rings. The van der Waals surface area contributed by atoms with Crippen LogP contribution in [0.1, 0.15) is 58.5 Å². The first-order valence-corrected chi connectivity index (χ1v) is 11.8. The van der Waals surface area contributed by atoms with E-state index in [-0.39, 0.29) is 35.6 Å². The molecule has 0 spiro atoms. The Morgan fingerprint density at radius 2 is 2.00 bits per heavy atom. The summed E-state index contributed by atoms with van der Waals surface area (Å²) in [5.74, 6) is -3.71. The lowest BCUT2D eigenvalue weighted by molar-refractivity contribution is 0.0258. The predicted molar refractivity (Wildman–Crippen MR) is 121 cm³/mol. The van der Waals surface area contributed by atoms with E-state index in [0.29, 0.717) is 32.2 Å². The van der Waals surface area contributed by atoms with Gasteiger partial charge in [-0.1, -0.05) is 6.07 Å². The van der Waals surface area contributed by atoms with Gasteiger partial charge in [-0.25, -0.2) is 8.78 Å². The summed E-state index contributed by atoms with van der Waals surface area (Å²) in [5.41, 5.74) is -1.52. The molecule has 2 N–H and O–H groups in total. The number of piperidine rings is 1. The maximum Gasteiger partial charge on any atom is 0.278 e. The van der Waals surface area contributed by atoms with E-state index < -0.39 is 34.6 Å². The molecular formula is C24H26F2N4O5. The van der Waals surface area contributed by atoms with Gasteiger partial charge in [0.05, 0.1) is 6.10 Å². The lowest BCUT2D eigenvalue weighted by Crippen LogP contribution is -2.64. The molecule has 2 aromatic rings. The number of fused-ring (bicyclic) bond motifs is 3. The van der Waals surface area contributed by atoms with Crippen molar-refractivity contribution in [2.24, 2.45) is 0 Å². The minimum Gasteiger partial charge on any atom is -0.502 e. The minimum atomic E-state index is -0.991. The van der Waals surface area contributed by atoms with Crippen LogP contribution >= 0.6 is 0 Å². The second kappa shape index (κ2) is 9.29. The Hall–Kier alpha value is -3.47. The number of carbonyl (C=O) groups is 2. The van der Waals surface area contributed by atoms with E-state index in [1.165, 1.54) is 16.9 Å². The summed E-state index contributed by atoms with van der Waals surface area (Å²) in [6.45, 7) is 1.28. The van der Waals surface area contributed by atoms with Crippen LogP contribution in [0.15, 0.2) is 29.2 Å². The number of hydrogen-bond donors (Lipinski definition) is 2. The third-order valence-electron chi connectivity index (χ3n) is 6.83. The molecule has 0 radical (unpaired) electrons. The number of carbonyl (C=O) groups excluding carboxylic acids is 2. The molecule has 186 valence electrons. The largest absolute Gasteiger partial charge is 0.502 e. The van der Waals surface area contributed by atoms with Crippen LogP contribution in [0.2, 0.25) is 0 Å². The van der Waals surface area contributed by atoms with Crippen LogP contribution in [-0.4, -0.2) is 58.5 Å². The number of rotatable bonds is 5. The lowest BCUT2D eigenvalue weighted by atomic mass is 10.0. The second-order valence-corrected chi connectivity index (χ2v) is 9.06. The zero-order chi connectivity index (χ0) is 24.7. The summed E-state index contributed by atoms with van der Waals surface area (Å²) in [6, 6.07) is 2.96. The molecule has 0 unspecified atom stereocenters. The van der Waals surface area contributed by atoms with Crippen molar-refractivity contribution in [2.45, 2.75) is 50.9 Å². The van der Waals surface area contributed by atoms with Crippen molar-refractivity contribution < 1.29 is 28.2 Å². The molecule has 1 aromatic heterocycles. The van der Waals surface area contributed by atoms with Crippen LogP contribution in [0.4, 0.5) is 8.78 Å². The van der Waals surface area contributed by atoms with E-state index in [2.05, 4.69) is 5.32 Å². The van der Waals surface area contributed by atoms with Gasteiger partial charge in [0.25, 0.3) is 11.8 Å². The molecule has 4 heterocycles. The van der Waals surface area contributed by atoms with Crippen LogP contribution in [-0.2, 0) is 11.3 Å². The smallest absolute Gasteiger partial charge is 0.278 e. The van der Waals surface area contributed by atoms with Crippen LogP contribution in [0.25, 0.3) is 0 Å². The Labute approximate surface area is 199 Å². The molecule has 0 saturated carbocycles. The molecule has 5 rings (SSSR count). The first-order chi connectivity index (χ1) is 16.8. The number of aromatic hydroxyl groups is 1. The van der Waals surface area contributed by atoms with E-state index in [0.717, 1.165) is 31.7 Å². The van der Waals surface area contributed by atoms with E-state index in [9.17, 15) is 28.3 Å². The van der Waals surface area contributed by atoms with Crippen molar-refractivity contribution in [1.29, 1.82) is 0 Å². The highest BCUT2D eigenvalue weighted by atomic mass is 19.1. The van der Waals surface area contributed by atoms with Crippen LogP contribution in [0, 0.1) is 11.6 Å². The van der Waals surface area contributed by atoms with Gasteiger partial charge in [0.15, 0.2) is 11.4 Å². The molecule has 35 heavy (non-hydrogen) atoms. The van der Waals surface area contributed by atoms with Gasteiger partial charge in [-0.3, -0.25) is 24.1 Å². The average molecular weight is 488 g/mol. The standard InChI is InChI=1S/C24H26F2N4O5/c25-15-7-6-14(18(26)10-15)11-27-23(33)17-13-30-20(22(32)21(17)31)24(34)28(12-16-4-3-9-35-16)19-5-1-2-8-29(19)30/h6-7,10,13,16,19,32H,1-5,8-9,11-12H2,(H,27,33)/t16-,19+/m1/s1. The maximum absolute atomic E-state index is 13.9. The summed E-state index contributed by atoms with van der Waals surface area (Å²) in [6.07, 6.45) is 5.08. The zero-order valence-electron chi connectivity index (χ0n) is 19.0. The molecule has 9 nitrogen and oxygen atoms in total. The summed E-state index contributed by atoms with van der Waals surface area (Å²) in [7, 11) is 0. The molecule has 11 heteroatoms. The highest BCUT2D eigenvalue weighted by Gasteiger charge is 2.42. The maximum atomic E-state index is 13.9. The molecule has 2 fully saturated rings. The van der Waals surface area contributed by atoms with Crippen LogP contribution < -0.4 is 15.8 Å². The van der Waals surface area contributed by atoms with Crippen molar-refractivity contribution in [1.82, 2.24) is 14.9 Å². The summed E-state index contributed by atoms with van der Waals surface area (Å²) >= 11 is 0. The second-order valence-electron chi connectivity index (χ2n) is 9.06. The molecule has 2 amide bonds. The molecule has 2 atom stereocenters. The van der Waals surface area contributed by atoms with E-state index >= 15 is 0 Å². The summed E-state index contributed by atoms with van der Waals surface area (Å²) in [4.78, 5) is 40.8. The minimum absolute atomic E-state index is 0.0399. The number of hydrogen-bond acceptors (Lipinski definition) is 6. The topological polar surface area (TPSA) is 104 Å². The van der Waals surface area contributed by atoms with Gasteiger partial charge < -0.3 is 20.1 Å². The number of nitrogens with one attached hydrogen (secondary N) is 1. The number of ether oxygens (including phenoxy) is 1. The molecule has 0 bridgehead atoms. The van der Waals surface area contributed by atoms with Gasteiger partial charge >= 0.3 is 0 Å². The Bertz CT molecular complexity index is 1230. The Balaban J connectivity index is 1.46. The molecule has 2 saturated heterocycles. The number of benzene rings is 1. The fourth-order valence-corrected chi connectivity index (χ4v) is 5.04. The monoisotopic (exact) mass is 488 g/mol. The molecular weight excluding hydrogens is 462 g/mol. The van der Waals surface area contributed by atoms with Crippen molar-refractivity contribution in [3.8, 4) is 5.75 Å². The van der Waals surface area contributed by atoms with E-state index in [4.69, 9.17) is 4.74 Å². The van der Waals surface area contributed by atoms with Crippen molar-refractivity contribution in [3.05, 3.63) is 63.1 Å². The number of amides is 2. The Morgan fingerprint density at radius 1 is 1.17 bits per heavy atom. The molecule has 1 aromatic carbocycles. The van der Waals surface area contributed by atoms with Crippen molar-refractivity contribution >= 4 is 11.8 Å². The predicted octanol–water partition coefficient (Wildman–Crippen LogP) is 1.84. The van der Waals surface area contributed by atoms with Gasteiger partial charge in [-0.05, 0) is 38.2 Å². The van der Waals surface area contributed by atoms with Crippen molar-refractivity contribution in [2.75, 3.05) is 24.7 Å². The first kappa shape index (κ1) is 23.3. The van der Waals surface area contributed by atoms with Gasteiger partial charge in [0.1, 0.15) is 23.4 Å². The van der Waals surface area contributed by atoms with Crippen LogP contribution in [0.3, 0.4) is 0 Å². The van der Waals surface area contributed by atoms with Crippen LogP contribution in [0.5, 0.6) is 5.75 Å².